The molecule has 0 aromatic carbocycles. The van der Waals surface area contributed by atoms with Gasteiger partial charge in [-0.3, -0.25) is 9.35 Å². The van der Waals surface area contributed by atoms with E-state index in [1.54, 1.807) is 0 Å². The molecule has 0 heterocycles. The highest BCUT2D eigenvalue weighted by molar-refractivity contribution is 7.86. The minimum atomic E-state index is -4.18. The molecule has 1 aliphatic rings. The van der Waals surface area contributed by atoms with E-state index in [1.807, 2.05) is 13.0 Å². The summed E-state index contributed by atoms with van der Waals surface area (Å²) in [6.45, 7) is 4.01. The molecule has 0 spiro atoms. The van der Waals surface area contributed by atoms with Gasteiger partial charge in [-0.1, -0.05) is 57.6 Å². The van der Waals surface area contributed by atoms with E-state index in [4.69, 9.17) is 0 Å². The van der Waals surface area contributed by atoms with Gasteiger partial charge in [0.15, 0.2) is 0 Å². The topological polar surface area (TPSA) is 91.7 Å². The van der Waals surface area contributed by atoms with Crippen LogP contribution in [0.25, 0.3) is 0 Å². The zero-order valence-electron chi connectivity index (χ0n) is 16.3. The van der Waals surface area contributed by atoms with Gasteiger partial charge in [0.2, 0.25) is 0 Å². The van der Waals surface area contributed by atoms with E-state index >= 15 is 0 Å². The molecule has 1 rings (SSSR count). The van der Waals surface area contributed by atoms with Gasteiger partial charge in [0.05, 0.1) is 11.2 Å². The Kier molecular flexibility index (Phi) is 10.5. The van der Waals surface area contributed by atoms with E-state index in [1.165, 1.54) is 0 Å². The third-order valence-electron chi connectivity index (χ3n) is 5.52. The lowest BCUT2D eigenvalue weighted by atomic mass is 9.80. The normalized spacial score (nSPS) is 18.8. The maximum atomic E-state index is 12.0. The summed E-state index contributed by atoms with van der Waals surface area (Å²) in [6.07, 6.45) is 11.8. The van der Waals surface area contributed by atoms with Crippen molar-refractivity contribution >= 4 is 16.1 Å². The predicted octanol–water partition coefficient (Wildman–Crippen LogP) is 5.22. The summed E-state index contributed by atoms with van der Waals surface area (Å²) in [4.78, 5) is 11.9. The molecule has 5 nitrogen and oxygen atoms in total. The number of carboxylic acid groups (broad SMARTS) is 1. The molecule has 152 valence electrons. The van der Waals surface area contributed by atoms with Crippen LogP contribution in [0, 0.1) is 11.8 Å². The second-order valence-electron chi connectivity index (χ2n) is 7.60. The van der Waals surface area contributed by atoms with Crippen LogP contribution in [0.1, 0.15) is 90.9 Å². The van der Waals surface area contributed by atoms with Crippen molar-refractivity contribution in [2.45, 2.75) is 96.1 Å². The fraction of sp³-hybridized carbons (Fsp3) is 0.850. The number of hydrogen-bond donors (Lipinski definition) is 2. The van der Waals surface area contributed by atoms with E-state index in [0.29, 0.717) is 25.7 Å². The standard InChI is InChI=1S/C20H36O5S/c1-3-5-6-8-14-17(19(11-4-2)26(23,24)25)15-18(20(21)22)16-12-9-7-10-13-16/h12,17-19H,3-11,13-15H2,1-2H3,(H,21,22)(H,23,24,25). The Morgan fingerprint density at radius 3 is 2.35 bits per heavy atom. The molecular formula is C20H36O5S. The molecule has 0 fully saturated rings. The minimum Gasteiger partial charge on any atom is -0.481 e. The lowest BCUT2D eigenvalue weighted by Crippen LogP contribution is -2.33. The molecule has 6 heteroatoms. The number of allylic oxidation sites excluding steroid dienone is 1. The van der Waals surface area contributed by atoms with Crippen LogP contribution in [0.2, 0.25) is 0 Å². The summed E-state index contributed by atoms with van der Waals surface area (Å²) < 4.78 is 33.7. The molecule has 0 amide bonds. The molecule has 0 bridgehead atoms. The molecule has 0 aromatic rings. The first kappa shape index (κ1) is 23.2. The molecule has 0 saturated heterocycles. The van der Waals surface area contributed by atoms with Crippen LogP contribution in [-0.2, 0) is 14.9 Å². The fourth-order valence-electron chi connectivity index (χ4n) is 4.09. The molecule has 0 saturated carbocycles. The highest BCUT2D eigenvalue weighted by Crippen LogP contribution is 2.34. The fourth-order valence-corrected chi connectivity index (χ4v) is 5.36. The maximum Gasteiger partial charge on any atom is 0.310 e. The van der Waals surface area contributed by atoms with E-state index in [-0.39, 0.29) is 5.92 Å². The number of hydrogen-bond acceptors (Lipinski definition) is 3. The molecule has 1 aliphatic carbocycles. The summed E-state index contributed by atoms with van der Waals surface area (Å²) in [7, 11) is -4.18. The first-order valence-corrected chi connectivity index (χ1v) is 11.7. The highest BCUT2D eigenvalue weighted by Gasteiger charge is 2.35. The van der Waals surface area contributed by atoms with Crippen molar-refractivity contribution in [2.24, 2.45) is 11.8 Å². The average Bonchev–Trinajstić information content (AvgIpc) is 2.59. The SMILES string of the molecule is CCCCCCC(CC(C(=O)O)C1=CCCCC1)C(CCC)S(=O)(=O)O. The zero-order valence-corrected chi connectivity index (χ0v) is 17.1. The Hall–Kier alpha value is -0.880. The van der Waals surface area contributed by atoms with Gasteiger partial charge in [-0.25, -0.2) is 0 Å². The van der Waals surface area contributed by atoms with Gasteiger partial charge in [-0.2, -0.15) is 8.42 Å². The number of carboxylic acids is 1. The van der Waals surface area contributed by atoms with Crippen molar-refractivity contribution in [3.63, 3.8) is 0 Å². The van der Waals surface area contributed by atoms with Crippen LogP contribution in [-0.4, -0.2) is 29.3 Å². The van der Waals surface area contributed by atoms with E-state index in [9.17, 15) is 22.9 Å². The zero-order chi connectivity index (χ0) is 19.6. The maximum absolute atomic E-state index is 12.0. The smallest absolute Gasteiger partial charge is 0.310 e. The van der Waals surface area contributed by atoms with E-state index < -0.39 is 27.3 Å². The summed E-state index contributed by atoms with van der Waals surface area (Å²) in [5.74, 6) is -1.82. The second kappa shape index (κ2) is 11.8. The first-order chi connectivity index (χ1) is 12.3. The predicted molar refractivity (Wildman–Crippen MR) is 105 cm³/mol. The third kappa shape index (κ3) is 7.78. The van der Waals surface area contributed by atoms with Crippen LogP contribution >= 0.6 is 0 Å². The summed E-state index contributed by atoms with van der Waals surface area (Å²) >= 11 is 0. The average molecular weight is 389 g/mol. The van der Waals surface area contributed by atoms with Gasteiger partial charge in [0, 0.05) is 0 Å². The van der Waals surface area contributed by atoms with Gasteiger partial charge in [-0.15, -0.1) is 0 Å². The molecule has 0 aromatic heterocycles. The quantitative estimate of drug-likeness (QED) is 0.256. The van der Waals surface area contributed by atoms with Crippen molar-refractivity contribution in [3.8, 4) is 0 Å². The third-order valence-corrected chi connectivity index (χ3v) is 6.91. The summed E-state index contributed by atoms with van der Waals surface area (Å²) in [5, 5.41) is 8.88. The van der Waals surface area contributed by atoms with Crippen molar-refractivity contribution in [2.75, 3.05) is 0 Å². The lowest BCUT2D eigenvalue weighted by molar-refractivity contribution is -0.141. The van der Waals surface area contributed by atoms with E-state index in [2.05, 4.69) is 6.92 Å². The molecular weight excluding hydrogens is 352 g/mol. The molecule has 0 aliphatic heterocycles. The van der Waals surface area contributed by atoms with Crippen molar-refractivity contribution in [1.29, 1.82) is 0 Å². The number of rotatable bonds is 13. The molecule has 0 radical (unpaired) electrons. The lowest BCUT2D eigenvalue weighted by Gasteiger charge is -2.29. The number of aliphatic carboxylic acids is 1. The Morgan fingerprint density at radius 1 is 1.12 bits per heavy atom. The Bertz CT molecular complexity index is 553. The van der Waals surface area contributed by atoms with Gasteiger partial charge in [-0.05, 0) is 50.9 Å². The van der Waals surface area contributed by atoms with Gasteiger partial charge >= 0.3 is 5.97 Å². The summed E-state index contributed by atoms with van der Waals surface area (Å²) in [5.41, 5.74) is 0.938. The number of carbonyl (C=O) groups is 1. The van der Waals surface area contributed by atoms with Crippen LogP contribution in [0.4, 0.5) is 0 Å². The van der Waals surface area contributed by atoms with Gasteiger partial charge < -0.3 is 5.11 Å². The number of unbranched alkanes of at least 4 members (excludes halogenated alkanes) is 3. The van der Waals surface area contributed by atoms with Gasteiger partial charge in [0.1, 0.15) is 0 Å². The van der Waals surface area contributed by atoms with Crippen LogP contribution < -0.4 is 0 Å². The second-order valence-corrected chi connectivity index (χ2v) is 9.24. The first-order valence-electron chi connectivity index (χ1n) is 10.2. The van der Waals surface area contributed by atoms with Crippen LogP contribution in [0.3, 0.4) is 0 Å². The van der Waals surface area contributed by atoms with E-state index in [0.717, 1.165) is 56.9 Å². The van der Waals surface area contributed by atoms with Crippen molar-refractivity contribution in [3.05, 3.63) is 11.6 Å². The van der Waals surface area contributed by atoms with Crippen molar-refractivity contribution < 1.29 is 22.9 Å². The molecule has 26 heavy (non-hydrogen) atoms. The largest absolute Gasteiger partial charge is 0.481 e. The molecule has 2 N–H and O–H groups in total. The Labute approximate surface area is 159 Å². The summed E-state index contributed by atoms with van der Waals surface area (Å²) in [6, 6.07) is 0. The highest BCUT2D eigenvalue weighted by atomic mass is 32.2. The van der Waals surface area contributed by atoms with Crippen LogP contribution in [0.5, 0.6) is 0 Å². The van der Waals surface area contributed by atoms with Crippen molar-refractivity contribution in [1.82, 2.24) is 0 Å². The Morgan fingerprint density at radius 2 is 1.85 bits per heavy atom. The molecule has 3 atom stereocenters. The molecule has 3 unspecified atom stereocenters. The van der Waals surface area contributed by atoms with Gasteiger partial charge in [0.25, 0.3) is 10.1 Å². The Balaban J connectivity index is 2.99. The van der Waals surface area contributed by atoms with Crippen LogP contribution in [0.15, 0.2) is 11.6 Å². The minimum absolute atomic E-state index is 0.303. The monoisotopic (exact) mass is 388 g/mol.